The zero-order valence-electron chi connectivity index (χ0n) is 20.1. The second kappa shape index (κ2) is 11.1. The molecule has 0 fully saturated rings. The minimum absolute atomic E-state index is 0.0319. The summed E-state index contributed by atoms with van der Waals surface area (Å²) >= 11 is 0. The number of amides is 2. The molecule has 2 amide bonds. The van der Waals surface area contributed by atoms with Crippen molar-refractivity contribution in [3.63, 3.8) is 0 Å². The Morgan fingerprint density at radius 1 is 0.914 bits per heavy atom. The Morgan fingerprint density at radius 3 is 2.14 bits per heavy atom. The van der Waals surface area contributed by atoms with Gasteiger partial charge in [-0.15, -0.1) is 0 Å². The van der Waals surface area contributed by atoms with Crippen LogP contribution in [0, 0.1) is 6.92 Å². The molecule has 0 radical (unpaired) electrons. The highest BCUT2D eigenvalue weighted by atomic mass is 32.2. The van der Waals surface area contributed by atoms with Gasteiger partial charge in [0.05, 0.1) is 18.4 Å². The summed E-state index contributed by atoms with van der Waals surface area (Å²) in [6.45, 7) is 5.53. The van der Waals surface area contributed by atoms with Gasteiger partial charge in [-0.25, -0.2) is 8.42 Å². The molecular weight excluding hydrogens is 466 g/mol. The zero-order valence-corrected chi connectivity index (χ0v) is 20.9. The smallest absolute Gasteiger partial charge is 0.261 e. The first-order valence-electron chi connectivity index (χ1n) is 11.0. The largest absolute Gasteiger partial charge is 0.497 e. The van der Waals surface area contributed by atoms with Gasteiger partial charge in [0.25, 0.3) is 15.9 Å². The maximum atomic E-state index is 12.9. The second-order valence-electron chi connectivity index (χ2n) is 8.36. The third kappa shape index (κ3) is 7.07. The quantitative estimate of drug-likeness (QED) is 0.413. The zero-order chi connectivity index (χ0) is 25.6. The molecule has 0 aliphatic heterocycles. The molecule has 0 heterocycles. The predicted molar refractivity (Wildman–Crippen MR) is 136 cm³/mol. The molecule has 8 nitrogen and oxygen atoms in total. The molecule has 9 heteroatoms. The van der Waals surface area contributed by atoms with Gasteiger partial charge in [0.15, 0.2) is 0 Å². The van der Waals surface area contributed by atoms with Crippen molar-refractivity contribution in [2.75, 3.05) is 17.1 Å². The summed E-state index contributed by atoms with van der Waals surface area (Å²) in [6, 6.07) is 17.9. The van der Waals surface area contributed by atoms with Crippen LogP contribution in [0.3, 0.4) is 0 Å². The minimum atomic E-state index is -3.91. The van der Waals surface area contributed by atoms with Gasteiger partial charge in [0.1, 0.15) is 5.75 Å². The number of nitrogens with one attached hydrogen (secondary N) is 3. The summed E-state index contributed by atoms with van der Waals surface area (Å²) in [4.78, 5) is 24.8. The number of carbonyl (C=O) groups is 2. The summed E-state index contributed by atoms with van der Waals surface area (Å²) in [6.07, 6.45) is 0.243. The Morgan fingerprint density at radius 2 is 1.54 bits per heavy atom. The van der Waals surface area contributed by atoms with Crippen LogP contribution in [0.5, 0.6) is 5.75 Å². The summed E-state index contributed by atoms with van der Waals surface area (Å²) < 4.78 is 33.4. The molecule has 0 atom stereocenters. The number of carbonyl (C=O) groups excluding carboxylic acids is 2. The molecular formula is C26H29N3O5S. The Kier molecular flexibility index (Phi) is 8.14. The van der Waals surface area contributed by atoms with E-state index in [1.54, 1.807) is 61.5 Å². The lowest BCUT2D eigenvalue weighted by Gasteiger charge is -2.12. The molecule has 184 valence electrons. The third-order valence-electron chi connectivity index (χ3n) is 5.13. The van der Waals surface area contributed by atoms with E-state index in [4.69, 9.17) is 4.74 Å². The fourth-order valence-corrected chi connectivity index (χ4v) is 4.43. The molecule has 0 aromatic heterocycles. The number of benzene rings is 3. The summed E-state index contributed by atoms with van der Waals surface area (Å²) in [7, 11) is -2.39. The monoisotopic (exact) mass is 495 g/mol. The molecule has 0 bridgehead atoms. The third-order valence-corrected chi connectivity index (χ3v) is 6.51. The normalized spacial score (nSPS) is 11.1. The molecule has 0 aliphatic carbocycles. The number of anilines is 2. The van der Waals surface area contributed by atoms with Crippen molar-refractivity contribution in [1.29, 1.82) is 0 Å². The summed E-state index contributed by atoms with van der Waals surface area (Å²) in [5.74, 6) is 0.0945. The minimum Gasteiger partial charge on any atom is -0.497 e. The van der Waals surface area contributed by atoms with Crippen LogP contribution < -0.4 is 20.1 Å². The van der Waals surface area contributed by atoms with Crippen molar-refractivity contribution in [1.82, 2.24) is 5.32 Å². The second-order valence-corrected chi connectivity index (χ2v) is 10.0. The molecule has 3 aromatic carbocycles. The van der Waals surface area contributed by atoms with Crippen LogP contribution in [-0.4, -0.2) is 33.4 Å². The number of sulfonamides is 1. The molecule has 0 saturated heterocycles. The van der Waals surface area contributed by atoms with Crippen LogP contribution in [0.2, 0.25) is 0 Å². The molecule has 35 heavy (non-hydrogen) atoms. The van der Waals surface area contributed by atoms with E-state index >= 15 is 0 Å². The van der Waals surface area contributed by atoms with E-state index in [1.165, 1.54) is 19.2 Å². The SMILES string of the molecule is COc1ccc(NS(=O)(=O)c2ccc(C)c(C(=O)Nc3ccc(CC(=O)NC(C)C)cc3)c2)cc1. The van der Waals surface area contributed by atoms with E-state index in [9.17, 15) is 18.0 Å². The van der Waals surface area contributed by atoms with Crippen molar-refractivity contribution in [3.05, 3.63) is 83.4 Å². The predicted octanol–water partition coefficient (Wildman–Crippen LogP) is 4.12. The van der Waals surface area contributed by atoms with Crippen molar-refractivity contribution in [3.8, 4) is 5.75 Å². The molecule has 3 aromatic rings. The lowest BCUT2D eigenvalue weighted by atomic mass is 10.1. The van der Waals surface area contributed by atoms with E-state index < -0.39 is 15.9 Å². The average molecular weight is 496 g/mol. The fraction of sp³-hybridized carbons (Fsp3) is 0.231. The van der Waals surface area contributed by atoms with Gasteiger partial charge in [-0.05, 0) is 80.4 Å². The number of hydrogen-bond donors (Lipinski definition) is 3. The fourth-order valence-electron chi connectivity index (χ4n) is 3.35. The molecule has 3 N–H and O–H groups in total. The van der Waals surface area contributed by atoms with Crippen molar-refractivity contribution in [2.45, 2.75) is 38.1 Å². The van der Waals surface area contributed by atoms with Crippen LogP contribution in [-0.2, 0) is 21.2 Å². The highest BCUT2D eigenvalue weighted by Gasteiger charge is 2.19. The van der Waals surface area contributed by atoms with Gasteiger partial charge in [-0.3, -0.25) is 14.3 Å². The van der Waals surface area contributed by atoms with Crippen LogP contribution in [0.4, 0.5) is 11.4 Å². The van der Waals surface area contributed by atoms with Gasteiger partial charge < -0.3 is 15.4 Å². The number of ether oxygens (including phenoxy) is 1. The van der Waals surface area contributed by atoms with Crippen LogP contribution in [0.1, 0.15) is 35.3 Å². The van der Waals surface area contributed by atoms with Crippen molar-refractivity contribution in [2.24, 2.45) is 0 Å². The maximum Gasteiger partial charge on any atom is 0.261 e. The van der Waals surface area contributed by atoms with Crippen LogP contribution in [0.25, 0.3) is 0 Å². The first-order chi connectivity index (χ1) is 16.6. The highest BCUT2D eigenvalue weighted by Crippen LogP contribution is 2.22. The van der Waals surface area contributed by atoms with Crippen LogP contribution >= 0.6 is 0 Å². The van der Waals surface area contributed by atoms with Crippen molar-refractivity contribution >= 4 is 33.2 Å². The number of methoxy groups -OCH3 is 1. The van der Waals surface area contributed by atoms with Crippen LogP contribution in [0.15, 0.2) is 71.6 Å². The van der Waals surface area contributed by atoms with Gasteiger partial charge in [0, 0.05) is 23.0 Å². The van der Waals surface area contributed by atoms with E-state index in [2.05, 4.69) is 15.4 Å². The molecule has 0 aliphatic rings. The van der Waals surface area contributed by atoms with E-state index in [1.807, 2.05) is 13.8 Å². The van der Waals surface area contributed by atoms with Crippen molar-refractivity contribution < 1.29 is 22.7 Å². The van der Waals surface area contributed by atoms with E-state index in [0.717, 1.165) is 5.56 Å². The average Bonchev–Trinajstić information content (AvgIpc) is 2.80. The lowest BCUT2D eigenvalue weighted by Crippen LogP contribution is -2.31. The first kappa shape index (κ1) is 25.8. The first-order valence-corrected chi connectivity index (χ1v) is 12.5. The maximum absolute atomic E-state index is 12.9. The molecule has 3 rings (SSSR count). The van der Waals surface area contributed by atoms with Gasteiger partial charge in [-0.2, -0.15) is 0 Å². The lowest BCUT2D eigenvalue weighted by molar-refractivity contribution is -0.120. The number of aryl methyl sites for hydroxylation is 1. The standard InChI is InChI=1S/C26H29N3O5S/c1-17(2)27-25(30)15-19-6-8-20(9-7-19)28-26(31)24-16-23(14-5-18(24)3)35(32,33)29-21-10-12-22(34-4)13-11-21/h5-14,16-17,29H,15H2,1-4H3,(H,27,30)(H,28,31). The Labute approximate surface area is 205 Å². The van der Waals surface area contributed by atoms with E-state index in [-0.39, 0.29) is 28.8 Å². The highest BCUT2D eigenvalue weighted by molar-refractivity contribution is 7.92. The Hall–Kier alpha value is -3.85. The topological polar surface area (TPSA) is 114 Å². The van der Waals surface area contributed by atoms with E-state index in [0.29, 0.717) is 22.7 Å². The number of rotatable bonds is 9. The Balaban J connectivity index is 1.72. The van der Waals surface area contributed by atoms with Gasteiger partial charge in [0.2, 0.25) is 5.91 Å². The molecule has 0 unspecified atom stereocenters. The molecule has 0 saturated carbocycles. The summed E-state index contributed by atoms with van der Waals surface area (Å²) in [5.41, 5.74) is 2.59. The van der Waals surface area contributed by atoms with Gasteiger partial charge >= 0.3 is 0 Å². The van der Waals surface area contributed by atoms with Gasteiger partial charge in [-0.1, -0.05) is 18.2 Å². The molecule has 0 spiro atoms. The summed E-state index contributed by atoms with van der Waals surface area (Å²) in [5, 5.41) is 5.62. The Bertz CT molecular complexity index is 1300. The number of hydrogen-bond acceptors (Lipinski definition) is 5.